The summed E-state index contributed by atoms with van der Waals surface area (Å²) in [5, 5.41) is 0.256. The van der Waals surface area contributed by atoms with Crippen LogP contribution in [-0.4, -0.2) is 19.0 Å². The Labute approximate surface area is 131 Å². The van der Waals surface area contributed by atoms with Gasteiger partial charge in [-0.15, -0.1) is 0 Å². The first-order chi connectivity index (χ1) is 10.6. The van der Waals surface area contributed by atoms with Crippen molar-refractivity contribution >= 4 is 23.5 Å². The Kier molecular flexibility index (Phi) is 4.11. The van der Waals surface area contributed by atoms with Gasteiger partial charge in [-0.2, -0.15) is 0 Å². The number of fused-ring (bicyclic) bond motifs is 1. The predicted molar refractivity (Wildman–Crippen MR) is 82.2 cm³/mol. The van der Waals surface area contributed by atoms with Gasteiger partial charge in [-0.1, -0.05) is 17.7 Å². The highest BCUT2D eigenvalue weighted by Crippen LogP contribution is 2.31. The van der Waals surface area contributed by atoms with Gasteiger partial charge in [-0.05, 0) is 42.5 Å². The van der Waals surface area contributed by atoms with Crippen molar-refractivity contribution in [3.8, 4) is 11.5 Å². The van der Waals surface area contributed by atoms with E-state index in [1.165, 1.54) is 24.3 Å². The van der Waals surface area contributed by atoms with E-state index in [1.807, 2.05) is 0 Å². The number of carbonyl (C=O) groups is 1. The van der Waals surface area contributed by atoms with Gasteiger partial charge in [-0.3, -0.25) is 4.79 Å². The summed E-state index contributed by atoms with van der Waals surface area (Å²) in [5.41, 5.74) is 0.628. The van der Waals surface area contributed by atoms with Crippen LogP contribution in [0.4, 0.5) is 4.39 Å². The lowest BCUT2D eigenvalue weighted by molar-refractivity contribution is 0.104. The summed E-state index contributed by atoms with van der Waals surface area (Å²) in [4.78, 5) is 12.2. The van der Waals surface area contributed by atoms with Gasteiger partial charge in [-0.25, -0.2) is 4.39 Å². The van der Waals surface area contributed by atoms with Crippen LogP contribution in [0.25, 0.3) is 6.08 Å². The van der Waals surface area contributed by atoms with Crippen LogP contribution in [0.15, 0.2) is 42.5 Å². The molecule has 22 heavy (non-hydrogen) atoms. The summed E-state index contributed by atoms with van der Waals surface area (Å²) in [6.45, 7) is 0.942. The number of benzene rings is 2. The second-order valence-electron chi connectivity index (χ2n) is 4.69. The van der Waals surface area contributed by atoms with E-state index in [2.05, 4.69) is 0 Å². The number of halogens is 2. The fourth-order valence-electron chi connectivity index (χ4n) is 2.12. The zero-order valence-corrected chi connectivity index (χ0v) is 12.3. The van der Waals surface area contributed by atoms with Gasteiger partial charge in [0.1, 0.15) is 19.0 Å². The topological polar surface area (TPSA) is 35.5 Å². The molecule has 0 spiro atoms. The summed E-state index contributed by atoms with van der Waals surface area (Å²) in [6, 6.07) is 9.32. The highest BCUT2D eigenvalue weighted by Gasteiger charge is 2.14. The maximum atomic E-state index is 13.6. The lowest BCUT2D eigenvalue weighted by atomic mass is 10.1. The van der Waals surface area contributed by atoms with Crippen molar-refractivity contribution in [2.75, 3.05) is 13.2 Å². The minimum atomic E-state index is -0.473. The van der Waals surface area contributed by atoms with Crippen molar-refractivity contribution in [1.29, 1.82) is 0 Å². The van der Waals surface area contributed by atoms with Gasteiger partial charge in [0.05, 0.1) is 5.02 Å². The van der Waals surface area contributed by atoms with Crippen LogP contribution < -0.4 is 9.47 Å². The first-order valence-corrected chi connectivity index (χ1v) is 7.09. The molecule has 2 aromatic carbocycles. The number of hydrogen-bond donors (Lipinski definition) is 0. The van der Waals surface area contributed by atoms with E-state index < -0.39 is 5.82 Å². The molecule has 2 aromatic rings. The minimum absolute atomic E-state index is 0.190. The molecule has 0 saturated heterocycles. The zero-order valence-electron chi connectivity index (χ0n) is 11.5. The summed E-state index contributed by atoms with van der Waals surface area (Å²) in [6.07, 6.45) is 2.66. The van der Waals surface area contributed by atoms with E-state index >= 15 is 0 Å². The van der Waals surface area contributed by atoms with Gasteiger partial charge >= 0.3 is 0 Å². The van der Waals surface area contributed by atoms with Crippen molar-refractivity contribution in [2.45, 2.75) is 0 Å². The fraction of sp³-hybridized carbons (Fsp3) is 0.118. The molecule has 1 aliphatic rings. The molecule has 0 fully saturated rings. The number of allylic oxidation sites excluding steroid dienone is 1. The third kappa shape index (κ3) is 2.97. The fourth-order valence-corrected chi connectivity index (χ4v) is 2.35. The van der Waals surface area contributed by atoms with Crippen molar-refractivity contribution < 1.29 is 18.7 Å². The first-order valence-electron chi connectivity index (χ1n) is 6.71. The van der Waals surface area contributed by atoms with E-state index in [-0.39, 0.29) is 16.4 Å². The quantitative estimate of drug-likeness (QED) is 0.630. The summed E-state index contributed by atoms with van der Waals surface area (Å²) in [5.74, 6) is 0.411. The molecule has 0 aliphatic carbocycles. The highest BCUT2D eigenvalue weighted by molar-refractivity contribution is 6.32. The molecule has 0 unspecified atom stereocenters. The first kappa shape index (κ1) is 14.6. The minimum Gasteiger partial charge on any atom is -0.486 e. The van der Waals surface area contributed by atoms with Gasteiger partial charge < -0.3 is 9.47 Å². The van der Waals surface area contributed by atoms with Crippen molar-refractivity contribution in [2.24, 2.45) is 0 Å². The van der Waals surface area contributed by atoms with Crippen molar-refractivity contribution in [3.63, 3.8) is 0 Å². The molecule has 3 nitrogen and oxygen atoms in total. The smallest absolute Gasteiger partial charge is 0.185 e. The van der Waals surface area contributed by atoms with E-state index in [9.17, 15) is 9.18 Å². The molecule has 1 heterocycles. The van der Waals surface area contributed by atoms with Crippen molar-refractivity contribution in [3.05, 3.63) is 64.4 Å². The Morgan fingerprint density at radius 1 is 1.14 bits per heavy atom. The van der Waals surface area contributed by atoms with E-state index in [4.69, 9.17) is 21.1 Å². The average molecular weight is 319 g/mol. The van der Waals surface area contributed by atoms with Crippen LogP contribution in [0.2, 0.25) is 5.02 Å². The maximum absolute atomic E-state index is 13.6. The number of carbonyl (C=O) groups excluding carboxylic acids is 1. The molecule has 0 saturated carbocycles. The Morgan fingerprint density at radius 2 is 1.91 bits per heavy atom. The summed E-state index contributed by atoms with van der Waals surface area (Å²) in [7, 11) is 0. The van der Waals surface area contributed by atoms with E-state index in [0.717, 1.165) is 0 Å². The van der Waals surface area contributed by atoms with Crippen LogP contribution in [0.5, 0.6) is 11.5 Å². The van der Waals surface area contributed by atoms with Gasteiger partial charge in [0, 0.05) is 11.1 Å². The maximum Gasteiger partial charge on any atom is 0.185 e. The molecule has 0 radical (unpaired) electrons. The van der Waals surface area contributed by atoms with Crippen LogP contribution in [0.3, 0.4) is 0 Å². The number of hydrogen-bond acceptors (Lipinski definition) is 3. The molecule has 1 aliphatic heterocycles. The second kappa shape index (κ2) is 6.20. The molecule has 0 amide bonds. The molecule has 0 N–H and O–H groups in total. The van der Waals surface area contributed by atoms with Crippen molar-refractivity contribution in [1.82, 2.24) is 0 Å². The van der Waals surface area contributed by atoms with Gasteiger partial charge in [0.2, 0.25) is 0 Å². The Morgan fingerprint density at radius 3 is 2.68 bits per heavy atom. The zero-order chi connectivity index (χ0) is 15.5. The lowest BCUT2D eigenvalue weighted by Gasteiger charge is -2.18. The SMILES string of the molecule is O=C(/C=C/c1c(F)cccc1Cl)c1ccc2c(c1)OCCO2. The molecule has 0 atom stereocenters. The standard InChI is InChI=1S/C17H12ClFO3/c18-13-2-1-3-14(19)12(13)5-6-15(20)11-4-7-16-17(10-11)22-9-8-21-16/h1-7,10H,8-9H2/b6-5+. The van der Waals surface area contributed by atoms with Crippen LogP contribution in [0, 0.1) is 5.82 Å². The van der Waals surface area contributed by atoms with E-state index in [1.54, 1.807) is 24.3 Å². The number of ether oxygens (including phenoxy) is 2. The Bertz CT molecular complexity index is 735. The van der Waals surface area contributed by atoms with Crippen LogP contribution in [-0.2, 0) is 0 Å². The third-order valence-electron chi connectivity index (χ3n) is 3.23. The lowest BCUT2D eigenvalue weighted by Crippen LogP contribution is -2.15. The third-order valence-corrected chi connectivity index (χ3v) is 3.56. The number of ketones is 1. The summed E-state index contributed by atoms with van der Waals surface area (Å²) >= 11 is 5.91. The normalized spacial score (nSPS) is 13.4. The molecule has 112 valence electrons. The monoisotopic (exact) mass is 318 g/mol. The molecular weight excluding hydrogens is 307 g/mol. The van der Waals surface area contributed by atoms with Crippen LogP contribution in [0.1, 0.15) is 15.9 Å². The second-order valence-corrected chi connectivity index (χ2v) is 5.10. The molecule has 0 bridgehead atoms. The van der Waals surface area contributed by atoms with E-state index in [0.29, 0.717) is 30.3 Å². The predicted octanol–water partition coefficient (Wildman–Crippen LogP) is 4.15. The molecule has 3 rings (SSSR count). The summed E-state index contributed by atoms with van der Waals surface area (Å²) < 4.78 is 24.5. The molecule has 0 aromatic heterocycles. The van der Waals surface area contributed by atoms with Gasteiger partial charge in [0.25, 0.3) is 0 Å². The Hall–Kier alpha value is -2.33. The highest BCUT2D eigenvalue weighted by atomic mass is 35.5. The largest absolute Gasteiger partial charge is 0.486 e. The van der Waals surface area contributed by atoms with Gasteiger partial charge in [0.15, 0.2) is 17.3 Å². The Balaban J connectivity index is 1.84. The molecular formula is C17H12ClFO3. The van der Waals surface area contributed by atoms with Crippen LogP contribution >= 0.6 is 11.6 Å². The average Bonchev–Trinajstić information content (AvgIpc) is 2.53. The molecule has 5 heteroatoms. The number of rotatable bonds is 3.